The normalized spacial score (nSPS) is 21.1. The molecule has 0 radical (unpaired) electrons. The molecule has 0 bridgehead atoms. The van der Waals surface area contributed by atoms with Crippen LogP contribution in [0.2, 0.25) is 0 Å². The highest BCUT2D eigenvalue weighted by Gasteiger charge is 2.66. The van der Waals surface area contributed by atoms with Gasteiger partial charge >= 0.3 is 5.97 Å². The Bertz CT molecular complexity index is 1260. The summed E-state index contributed by atoms with van der Waals surface area (Å²) in [6, 6.07) is 14.3. The first kappa shape index (κ1) is 25.1. The number of β-lactam (4-membered cyclic amide) rings is 1. The average molecular weight is 510 g/mol. The van der Waals surface area contributed by atoms with Gasteiger partial charge in [0, 0.05) is 17.9 Å². The van der Waals surface area contributed by atoms with Crippen LogP contribution in [0.4, 0.5) is 5.69 Å². The van der Waals surface area contributed by atoms with Gasteiger partial charge in [-0.2, -0.15) is 0 Å². The van der Waals surface area contributed by atoms with E-state index in [2.05, 4.69) is 0 Å². The molecular weight excluding hydrogens is 486 g/mol. The lowest BCUT2D eigenvalue weighted by Crippen LogP contribution is -2.81. The molecule has 1 fully saturated rings. The molecule has 1 saturated heterocycles. The smallest absolute Gasteiger partial charge is 0.355 e. The molecule has 0 unspecified atom stereocenters. The zero-order valence-corrected chi connectivity index (χ0v) is 20.1. The summed E-state index contributed by atoms with van der Waals surface area (Å²) in [5, 5.41) is 10.0. The minimum Gasteiger partial charge on any atom is -0.486 e. The molecule has 2 aromatic carbocycles. The first-order valence-corrected chi connectivity index (χ1v) is 12.0. The van der Waals surface area contributed by atoms with E-state index in [-0.39, 0.29) is 24.6 Å². The van der Waals surface area contributed by atoms with Gasteiger partial charge in [0.25, 0.3) is 11.6 Å². The lowest BCUT2D eigenvalue weighted by Gasteiger charge is -2.54. The van der Waals surface area contributed by atoms with Gasteiger partial charge in [-0.05, 0) is 42.3 Å². The zero-order chi connectivity index (χ0) is 25.9. The number of hydrogen-bond acceptors (Lipinski definition) is 9. The summed E-state index contributed by atoms with van der Waals surface area (Å²) in [7, 11) is 0. The number of nitrogens with zero attached hydrogens (tertiary/aromatic N) is 2. The monoisotopic (exact) mass is 509 g/mol. The highest BCUT2D eigenvalue weighted by molar-refractivity contribution is 8.00. The van der Waals surface area contributed by atoms with Crippen LogP contribution in [-0.2, 0) is 25.7 Å². The van der Waals surface area contributed by atoms with E-state index < -0.39 is 33.5 Å². The van der Waals surface area contributed by atoms with Gasteiger partial charge in [0.2, 0.25) is 5.78 Å². The molecule has 0 spiro atoms. The zero-order valence-electron chi connectivity index (χ0n) is 19.3. The van der Waals surface area contributed by atoms with Gasteiger partial charge in [-0.25, -0.2) is 4.79 Å². The molecule has 2 aliphatic heterocycles. The van der Waals surface area contributed by atoms with Gasteiger partial charge < -0.3 is 15.2 Å². The number of carbonyl (C=O) groups is 3. The van der Waals surface area contributed by atoms with Crippen LogP contribution in [0.25, 0.3) is 0 Å². The number of esters is 1. The summed E-state index contributed by atoms with van der Waals surface area (Å²) in [4.78, 5) is 50.7. The number of benzene rings is 2. The van der Waals surface area contributed by atoms with Crippen molar-refractivity contribution in [2.24, 2.45) is 5.73 Å². The summed E-state index contributed by atoms with van der Waals surface area (Å²) in [6.45, 7) is 1.24. The van der Waals surface area contributed by atoms with Crippen LogP contribution in [0.15, 0.2) is 78.0 Å². The predicted octanol–water partition coefficient (Wildman–Crippen LogP) is 2.73. The predicted molar refractivity (Wildman–Crippen MR) is 132 cm³/mol. The van der Waals surface area contributed by atoms with E-state index in [4.69, 9.17) is 15.2 Å². The number of thioether (sulfide) groups is 1. The number of nitro benzene ring substituents is 1. The van der Waals surface area contributed by atoms with Gasteiger partial charge in [-0.3, -0.25) is 24.6 Å². The number of rotatable bonds is 9. The maximum atomic E-state index is 13.2. The molecule has 36 heavy (non-hydrogen) atoms. The number of fused-ring (bicyclic) bond motifs is 1. The number of hydrogen-bond donors (Lipinski definition) is 1. The summed E-state index contributed by atoms with van der Waals surface area (Å²) in [6.07, 6.45) is 3.44. The van der Waals surface area contributed by atoms with Gasteiger partial charge in [-0.1, -0.05) is 30.4 Å². The second-order valence-electron chi connectivity index (χ2n) is 8.11. The van der Waals surface area contributed by atoms with E-state index in [1.807, 2.05) is 6.07 Å². The average Bonchev–Trinajstić information content (AvgIpc) is 2.90. The Kier molecular flexibility index (Phi) is 7.22. The molecule has 2 N–H and O–H groups in total. The molecule has 11 heteroatoms. The second kappa shape index (κ2) is 10.3. The van der Waals surface area contributed by atoms with Crippen molar-refractivity contribution in [2.75, 3.05) is 12.4 Å². The minimum absolute atomic E-state index is 0.0293. The Morgan fingerprint density at radius 1 is 1.22 bits per heavy atom. The Morgan fingerprint density at radius 2 is 1.92 bits per heavy atom. The maximum Gasteiger partial charge on any atom is 0.355 e. The number of ketones is 1. The molecule has 186 valence electrons. The van der Waals surface area contributed by atoms with E-state index >= 15 is 0 Å². The molecule has 4 rings (SSSR count). The molecule has 0 aromatic heterocycles. The first-order valence-electron chi connectivity index (χ1n) is 11.0. The molecule has 0 aliphatic carbocycles. The Hall–Kier alpha value is -3.96. The molecule has 2 aromatic rings. The fraction of sp³-hybridized carbons (Fsp3) is 0.240. The Labute approximate surface area is 210 Å². The second-order valence-corrected chi connectivity index (χ2v) is 9.17. The summed E-state index contributed by atoms with van der Waals surface area (Å²) in [5.74, 6) is -1.23. The van der Waals surface area contributed by atoms with E-state index in [0.29, 0.717) is 22.6 Å². The van der Waals surface area contributed by atoms with Crippen molar-refractivity contribution in [3.8, 4) is 5.75 Å². The number of amides is 1. The van der Waals surface area contributed by atoms with E-state index in [0.717, 1.165) is 0 Å². The van der Waals surface area contributed by atoms with Crippen LogP contribution in [0, 0.1) is 10.1 Å². The largest absolute Gasteiger partial charge is 0.486 e. The summed E-state index contributed by atoms with van der Waals surface area (Å²) < 4.78 is 10.9. The Morgan fingerprint density at radius 3 is 2.56 bits per heavy atom. The van der Waals surface area contributed by atoms with Gasteiger partial charge in [-0.15, -0.1) is 11.8 Å². The highest BCUT2D eigenvalue weighted by Crippen LogP contribution is 2.46. The standard InChI is InChI=1S/C25H23N3O7S/c1-2-6-17-15-36-24-25(26,20(29)14-34-19-7-4-3-5-8-19)23(31)27(24)21(17)22(30)35-13-16-9-11-18(12-10-16)28(32)33/h2-12,24H,13-15,26H2,1H3/t24-,25-/m0/s1. The fourth-order valence-corrected chi connectivity index (χ4v) is 5.31. The molecular formula is C25H23N3O7S. The van der Waals surface area contributed by atoms with Crippen molar-refractivity contribution < 1.29 is 28.8 Å². The van der Waals surface area contributed by atoms with Crippen LogP contribution >= 0.6 is 11.8 Å². The third kappa shape index (κ3) is 4.62. The molecule has 10 nitrogen and oxygen atoms in total. The Balaban J connectivity index is 1.49. The summed E-state index contributed by atoms with van der Waals surface area (Å²) >= 11 is 1.28. The van der Waals surface area contributed by atoms with E-state index in [9.17, 15) is 24.5 Å². The third-order valence-electron chi connectivity index (χ3n) is 5.79. The highest BCUT2D eigenvalue weighted by atomic mass is 32.2. The van der Waals surface area contributed by atoms with Gasteiger partial charge in [0.15, 0.2) is 5.54 Å². The lowest BCUT2D eigenvalue weighted by atomic mass is 9.83. The van der Waals surface area contributed by atoms with Gasteiger partial charge in [0.05, 0.1) is 4.92 Å². The number of nitrogens with two attached hydrogens (primary N) is 1. The van der Waals surface area contributed by atoms with Crippen molar-refractivity contribution in [1.82, 2.24) is 4.90 Å². The quantitative estimate of drug-likeness (QED) is 0.177. The van der Waals surface area contributed by atoms with Crippen LogP contribution in [0.5, 0.6) is 5.75 Å². The number of non-ortho nitro benzene ring substituents is 1. The van der Waals surface area contributed by atoms with Crippen molar-refractivity contribution in [1.29, 1.82) is 0 Å². The molecule has 2 heterocycles. The van der Waals surface area contributed by atoms with Crippen LogP contribution in [0.3, 0.4) is 0 Å². The molecule has 2 aliphatic rings. The van der Waals surface area contributed by atoms with Gasteiger partial charge in [0.1, 0.15) is 30.0 Å². The van der Waals surface area contributed by atoms with Crippen LogP contribution < -0.4 is 10.5 Å². The number of ether oxygens (including phenoxy) is 2. The van der Waals surface area contributed by atoms with E-state index in [1.165, 1.54) is 40.9 Å². The first-order chi connectivity index (χ1) is 17.3. The fourth-order valence-electron chi connectivity index (χ4n) is 3.90. The van der Waals surface area contributed by atoms with Crippen molar-refractivity contribution >= 4 is 35.1 Å². The number of carbonyl (C=O) groups excluding carboxylic acids is 3. The van der Waals surface area contributed by atoms with Crippen LogP contribution in [0.1, 0.15) is 12.5 Å². The van der Waals surface area contributed by atoms with Crippen molar-refractivity contribution in [3.63, 3.8) is 0 Å². The lowest BCUT2D eigenvalue weighted by molar-refractivity contribution is -0.384. The van der Waals surface area contributed by atoms with Crippen molar-refractivity contribution in [2.45, 2.75) is 24.4 Å². The molecule has 0 saturated carbocycles. The summed E-state index contributed by atoms with van der Waals surface area (Å²) in [5.41, 5.74) is 5.53. The number of nitro groups is 1. The number of allylic oxidation sites excluding steroid dienone is 2. The topological polar surface area (TPSA) is 142 Å². The minimum atomic E-state index is -1.83. The van der Waals surface area contributed by atoms with E-state index in [1.54, 1.807) is 43.3 Å². The third-order valence-corrected chi connectivity index (χ3v) is 7.17. The van der Waals surface area contributed by atoms with Crippen LogP contribution in [-0.4, -0.2) is 50.8 Å². The van der Waals surface area contributed by atoms with Crippen molar-refractivity contribution in [3.05, 3.63) is 93.7 Å². The SMILES string of the molecule is CC=CC1=C(C(=O)OCc2ccc([N+](=O)[O-])cc2)N2C(=O)[C@@](N)(C(=O)COc3ccccc3)[C@@H]2SC1. The molecule has 1 amide bonds. The molecule has 2 atom stereocenters. The maximum absolute atomic E-state index is 13.2. The number of para-hydroxylation sites is 1. The number of Topliss-reactive ketones (excluding diaryl/α,β-unsaturated/α-hetero) is 1.